The molecule has 8 nitrogen and oxygen atoms in total. The van der Waals surface area contributed by atoms with Crippen LogP contribution in [0.3, 0.4) is 0 Å². The van der Waals surface area contributed by atoms with Gasteiger partial charge in [0.05, 0.1) is 17.9 Å². The van der Waals surface area contributed by atoms with Crippen LogP contribution in [-0.4, -0.2) is 30.9 Å². The van der Waals surface area contributed by atoms with Crippen molar-refractivity contribution in [3.63, 3.8) is 0 Å². The first-order chi connectivity index (χ1) is 13.0. The van der Waals surface area contributed by atoms with Crippen LogP contribution in [0.5, 0.6) is 0 Å². The van der Waals surface area contributed by atoms with Crippen molar-refractivity contribution < 1.29 is 4.79 Å². The SMILES string of the molecule is Cn1c(CNC(=O)c2cn3c(n2)CCC(N)C3)cc(=O)n1-c1ccccc1. The van der Waals surface area contributed by atoms with E-state index in [4.69, 9.17) is 5.73 Å². The van der Waals surface area contributed by atoms with Gasteiger partial charge in [0, 0.05) is 38.3 Å². The number of hydrogen-bond acceptors (Lipinski definition) is 4. The Kier molecular flexibility index (Phi) is 4.41. The highest BCUT2D eigenvalue weighted by atomic mass is 16.2. The molecule has 0 aliphatic carbocycles. The van der Waals surface area contributed by atoms with Crippen LogP contribution in [0.2, 0.25) is 0 Å². The molecule has 4 rings (SSSR count). The Morgan fingerprint density at radius 2 is 2.11 bits per heavy atom. The van der Waals surface area contributed by atoms with Gasteiger partial charge >= 0.3 is 0 Å². The van der Waals surface area contributed by atoms with E-state index < -0.39 is 0 Å². The molecule has 1 aromatic carbocycles. The zero-order valence-corrected chi connectivity index (χ0v) is 15.1. The average molecular weight is 366 g/mol. The first-order valence-electron chi connectivity index (χ1n) is 8.96. The number of benzene rings is 1. The number of amides is 1. The molecule has 8 heteroatoms. The first kappa shape index (κ1) is 17.3. The fourth-order valence-electron chi connectivity index (χ4n) is 3.45. The summed E-state index contributed by atoms with van der Waals surface area (Å²) in [6.07, 6.45) is 3.41. The van der Waals surface area contributed by atoms with Crippen molar-refractivity contribution in [2.45, 2.75) is 32.0 Å². The molecule has 140 valence electrons. The zero-order valence-electron chi connectivity index (χ0n) is 15.1. The maximum Gasteiger partial charge on any atom is 0.271 e. The topological polar surface area (TPSA) is 99.9 Å². The van der Waals surface area contributed by atoms with Crippen molar-refractivity contribution in [2.75, 3.05) is 0 Å². The highest BCUT2D eigenvalue weighted by Gasteiger charge is 2.20. The van der Waals surface area contributed by atoms with E-state index in [2.05, 4.69) is 10.3 Å². The number of carbonyl (C=O) groups is 1. The Morgan fingerprint density at radius 3 is 2.89 bits per heavy atom. The highest BCUT2D eigenvalue weighted by molar-refractivity contribution is 5.92. The molecule has 1 aliphatic rings. The van der Waals surface area contributed by atoms with E-state index in [9.17, 15) is 9.59 Å². The summed E-state index contributed by atoms with van der Waals surface area (Å²) in [6, 6.07) is 11.0. The summed E-state index contributed by atoms with van der Waals surface area (Å²) >= 11 is 0. The van der Waals surface area contributed by atoms with Crippen molar-refractivity contribution in [3.8, 4) is 5.69 Å². The number of nitrogens with two attached hydrogens (primary N) is 1. The number of para-hydroxylation sites is 1. The second kappa shape index (κ2) is 6.88. The number of aromatic nitrogens is 4. The number of hydrogen-bond donors (Lipinski definition) is 2. The summed E-state index contributed by atoms with van der Waals surface area (Å²) < 4.78 is 5.26. The smallest absolute Gasteiger partial charge is 0.271 e. The molecule has 1 aliphatic heterocycles. The van der Waals surface area contributed by atoms with Crippen LogP contribution in [0.25, 0.3) is 5.69 Å². The molecule has 0 saturated heterocycles. The number of carbonyl (C=O) groups excluding carboxylic acids is 1. The normalized spacial score (nSPS) is 16.1. The Labute approximate surface area is 156 Å². The second-order valence-corrected chi connectivity index (χ2v) is 6.82. The standard InChI is InChI=1S/C19H22N6O2/c1-23-15(9-18(26)25(23)14-5-3-2-4-6-14)10-21-19(27)16-12-24-11-13(20)7-8-17(24)22-16/h2-6,9,12-13H,7-8,10-11,20H2,1H3,(H,21,27). The van der Waals surface area contributed by atoms with E-state index in [1.807, 2.05) is 34.9 Å². The summed E-state index contributed by atoms with van der Waals surface area (Å²) in [6.45, 7) is 0.927. The lowest BCUT2D eigenvalue weighted by Gasteiger charge is -2.19. The molecule has 3 N–H and O–H groups in total. The van der Waals surface area contributed by atoms with Gasteiger partial charge in [0.15, 0.2) is 0 Å². The maximum atomic E-state index is 12.5. The van der Waals surface area contributed by atoms with E-state index in [1.54, 1.807) is 22.6 Å². The molecule has 1 unspecified atom stereocenters. The minimum absolute atomic E-state index is 0.106. The Balaban J connectivity index is 1.50. The van der Waals surface area contributed by atoms with Crippen LogP contribution in [-0.2, 0) is 26.6 Å². The van der Waals surface area contributed by atoms with Crippen molar-refractivity contribution in [1.82, 2.24) is 24.2 Å². The fraction of sp³-hybridized carbons (Fsp3) is 0.316. The zero-order chi connectivity index (χ0) is 19.0. The number of nitrogens with one attached hydrogen (secondary N) is 1. The molecule has 0 radical (unpaired) electrons. The van der Waals surface area contributed by atoms with Crippen LogP contribution in [0.1, 0.15) is 28.4 Å². The fourth-order valence-corrected chi connectivity index (χ4v) is 3.45. The third-order valence-electron chi connectivity index (χ3n) is 4.91. The van der Waals surface area contributed by atoms with Crippen molar-refractivity contribution in [2.24, 2.45) is 12.8 Å². The lowest BCUT2D eigenvalue weighted by atomic mass is 10.1. The lowest BCUT2D eigenvalue weighted by molar-refractivity contribution is 0.0945. The van der Waals surface area contributed by atoms with Gasteiger partial charge in [0.2, 0.25) is 0 Å². The summed E-state index contributed by atoms with van der Waals surface area (Å²) in [7, 11) is 1.80. The molecule has 3 heterocycles. The molecule has 0 fully saturated rings. The highest BCUT2D eigenvalue weighted by Crippen LogP contribution is 2.14. The molecule has 27 heavy (non-hydrogen) atoms. The summed E-state index contributed by atoms with van der Waals surface area (Å²) in [5.74, 6) is 0.634. The van der Waals surface area contributed by atoms with Crippen molar-refractivity contribution in [1.29, 1.82) is 0 Å². The molecule has 0 saturated carbocycles. The monoisotopic (exact) mass is 366 g/mol. The summed E-state index contributed by atoms with van der Waals surface area (Å²) in [5.41, 5.74) is 7.70. The Morgan fingerprint density at radius 1 is 1.33 bits per heavy atom. The maximum absolute atomic E-state index is 12.5. The number of fused-ring (bicyclic) bond motifs is 1. The van der Waals surface area contributed by atoms with E-state index in [1.165, 1.54) is 6.07 Å². The molecule has 2 aromatic heterocycles. The van der Waals surface area contributed by atoms with Crippen LogP contribution >= 0.6 is 0 Å². The lowest BCUT2D eigenvalue weighted by Crippen LogP contribution is -2.31. The first-order valence-corrected chi connectivity index (χ1v) is 8.96. The summed E-state index contributed by atoms with van der Waals surface area (Å²) in [4.78, 5) is 29.2. The van der Waals surface area contributed by atoms with Gasteiger partial charge in [0.25, 0.3) is 11.5 Å². The minimum atomic E-state index is -0.259. The van der Waals surface area contributed by atoms with Gasteiger partial charge < -0.3 is 15.6 Å². The number of imidazole rings is 1. The predicted octanol–water partition coefficient (Wildman–Crippen LogP) is 0.576. The van der Waals surface area contributed by atoms with Crippen molar-refractivity contribution >= 4 is 5.91 Å². The molecule has 3 aromatic rings. The average Bonchev–Trinajstić information content (AvgIpc) is 3.20. The number of nitrogens with zero attached hydrogens (tertiary/aromatic N) is 4. The van der Waals surface area contributed by atoms with Gasteiger partial charge in [-0.3, -0.25) is 14.3 Å². The molecular formula is C19H22N6O2. The number of rotatable bonds is 4. The van der Waals surface area contributed by atoms with Crippen LogP contribution in [0.15, 0.2) is 47.4 Å². The van der Waals surface area contributed by atoms with Crippen LogP contribution < -0.4 is 16.6 Å². The van der Waals surface area contributed by atoms with Gasteiger partial charge in [-0.25, -0.2) is 9.67 Å². The van der Waals surface area contributed by atoms with Gasteiger partial charge in [-0.05, 0) is 18.6 Å². The van der Waals surface area contributed by atoms with E-state index >= 15 is 0 Å². The van der Waals surface area contributed by atoms with Gasteiger partial charge in [-0.15, -0.1) is 0 Å². The van der Waals surface area contributed by atoms with Gasteiger partial charge in [-0.1, -0.05) is 18.2 Å². The Hall–Kier alpha value is -3.13. The largest absolute Gasteiger partial charge is 0.345 e. The number of aryl methyl sites for hydroxylation is 1. The summed E-state index contributed by atoms with van der Waals surface area (Å²) in [5, 5.41) is 2.85. The van der Waals surface area contributed by atoms with E-state index in [0.717, 1.165) is 24.4 Å². The van der Waals surface area contributed by atoms with Crippen LogP contribution in [0.4, 0.5) is 0 Å². The predicted molar refractivity (Wildman–Crippen MR) is 101 cm³/mol. The third-order valence-corrected chi connectivity index (χ3v) is 4.91. The molecular weight excluding hydrogens is 344 g/mol. The third kappa shape index (κ3) is 3.31. The molecule has 0 bridgehead atoms. The van der Waals surface area contributed by atoms with E-state index in [-0.39, 0.29) is 24.1 Å². The second-order valence-electron chi connectivity index (χ2n) is 6.82. The Bertz CT molecular complexity index is 1030. The van der Waals surface area contributed by atoms with Gasteiger partial charge in [-0.2, -0.15) is 0 Å². The van der Waals surface area contributed by atoms with Crippen molar-refractivity contribution in [3.05, 3.63) is 70.2 Å². The quantitative estimate of drug-likeness (QED) is 0.705. The van der Waals surface area contributed by atoms with E-state index in [0.29, 0.717) is 17.9 Å². The minimum Gasteiger partial charge on any atom is -0.345 e. The molecule has 0 spiro atoms. The van der Waals surface area contributed by atoms with Gasteiger partial charge in [0.1, 0.15) is 11.5 Å². The van der Waals surface area contributed by atoms with Crippen LogP contribution in [0, 0.1) is 0 Å². The molecule has 1 amide bonds. The molecule has 1 atom stereocenters.